The molecule has 0 saturated carbocycles. The predicted octanol–water partition coefficient (Wildman–Crippen LogP) is 3.16. The maximum atomic E-state index is 5.51. The summed E-state index contributed by atoms with van der Waals surface area (Å²) in [6.07, 6.45) is 5.65. The van der Waals surface area contributed by atoms with Crippen molar-refractivity contribution in [2.45, 2.75) is 45.6 Å². The van der Waals surface area contributed by atoms with Crippen LogP contribution in [0.3, 0.4) is 0 Å². The van der Waals surface area contributed by atoms with Crippen LogP contribution in [0.1, 0.15) is 39.5 Å². The smallest absolute Gasteiger partial charge is 0.0681 e. The lowest BCUT2D eigenvalue weighted by molar-refractivity contribution is 0.103. The lowest BCUT2D eigenvalue weighted by Gasteiger charge is -2.13. The Hall–Kier alpha value is -0.300. The number of hydrogen-bond donors (Lipinski definition) is 0. The van der Waals surface area contributed by atoms with E-state index >= 15 is 0 Å². The number of rotatable bonds is 4. The minimum atomic E-state index is 0.411. The first-order chi connectivity index (χ1) is 5.75. The molecule has 1 heteroatoms. The van der Waals surface area contributed by atoms with Crippen LogP contribution < -0.4 is 0 Å². The molecule has 0 aromatic carbocycles. The average Bonchev–Trinajstić information content (AvgIpc) is 2.35. The van der Waals surface area contributed by atoms with Crippen molar-refractivity contribution in [3.8, 4) is 0 Å². The van der Waals surface area contributed by atoms with E-state index in [0.29, 0.717) is 12.0 Å². The molecule has 70 valence electrons. The van der Waals surface area contributed by atoms with Crippen molar-refractivity contribution in [1.29, 1.82) is 0 Å². The van der Waals surface area contributed by atoms with Crippen molar-refractivity contribution in [2.24, 2.45) is 5.92 Å². The van der Waals surface area contributed by atoms with E-state index in [2.05, 4.69) is 20.4 Å². The molecular weight excluding hydrogens is 148 g/mol. The Balaban J connectivity index is 2.25. The SMILES string of the molecule is C=C1CO[C@H](C)[C@H]1CCCCC. The summed E-state index contributed by atoms with van der Waals surface area (Å²) in [6, 6.07) is 0. The normalized spacial score (nSPS) is 29.7. The molecular formula is C11H20O. The molecule has 2 atom stereocenters. The first-order valence-electron chi connectivity index (χ1n) is 5.05. The minimum Gasteiger partial charge on any atom is -0.374 e. The Bertz CT molecular complexity index is 151. The zero-order valence-electron chi connectivity index (χ0n) is 8.31. The third kappa shape index (κ3) is 2.34. The first kappa shape index (κ1) is 9.79. The highest BCUT2D eigenvalue weighted by atomic mass is 16.5. The predicted molar refractivity (Wildman–Crippen MR) is 52.2 cm³/mol. The fourth-order valence-corrected chi connectivity index (χ4v) is 1.85. The molecule has 1 aliphatic heterocycles. The van der Waals surface area contributed by atoms with Crippen LogP contribution >= 0.6 is 0 Å². The van der Waals surface area contributed by atoms with Gasteiger partial charge in [0.05, 0.1) is 12.7 Å². The van der Waals surface area contributed by atoms with E-state index in [1.165, 1.54) is 31.3 Å². The van der Waals surface area contributed by atoms with Crippen molar-refractivity contribution in [2.75, 3.05) is 6.61 Å². The Kier molecular flexibility index (Phi) is 3.80. The summed E-state index contributed by atoms with van der Waals surface area (Å²) in [6.45, 7) is 9.23. The van der Waals surface area contributed by atoms with Gasteiger partial charge in [-0.2, -0.15) is 0 Å². The van der Waals surface area contributed by atoms with E-state index < -0.39 is 0 Å². The first-order valence-corrected chi connectivity index (χ1v) is 5.05. The van der Waals surface area contributed by atoms with Crippen molar-refractivity contribution in [3.63, 3.8) is 0 Å². The molecule has 0 aromatic rings. The molecule has 0 aromatic heterocycles. The second-order valence-electron chi connectivity index (χ2n) is 3.78. The summed E-state index contributed by atoms with van der Waals surface area (Å²) in [5, 5.41) is 0. The lowest BCUT2D eigenvalue weighted by atomic mass is 9.92. The van der Waals surface area contributed by atoms with Crippen molar-refractivity contribution in [3.05, 3.63) is 12.2 Å². The van der Waals surface area contributed by atoms with Crippen LogP contribution in [0.5, 0.6) is 0 Å². The standard InChI is InChI=1S/C11H20O/c1-4-5-6-7-11-9(2)8-12-10(11)3/h10-11H,2,4-8H2,1,3H3/t10-,11+/m1/s1. The van der Waals surface area contributed by atoms with Gasteiger partial charge in [-0.15, -0.1) is 0 Å². The highest BCUT2D eigenvalue weighted by Gasteiger charge is 2.26. The van der Waals surface area contributed by atoms with E-state index in [0.717, 1.165) is 6.61 Å². The molecule has 0 radical (unpaired) electrons. The molecule has 0 amide bonds. The number of unbranched alkanes of at least 4 members (excludes halogenated alkanes) is 2. The molecule has 1 nitrogen and oxygen atoms in total. The van der Waals surface area contributed by atoms with E-state index in [-0.39, 0.29) is 0 Å². The van der Waals surface area contributed by atoms with Crippen LogP contribution in [0.2, 0.25) is 0 Å². The zero-order chi connectivity index (χ0) is 8.97. The molecule has 0 bridgehead atoms. The van der Waals surface area contributed by atoms with Crippen molar-refractivity contribution in [1.82, 2.24) is 0 Å². The van der Waals surface area contributed by atoms with Gasteiger partial charge in [0.25, 0.3) is 0 Å². The zero-order valence-corrected chi connectivity index (χ0v) is 8.31. The quantitative estimate of drug-likeness (QED) is 0.463. The molecule has 0 spiro atoms. The Morgan fingerprint density at radius 1 is 1.50 bits per heavy atom. The molecule has 1 heterocycles. The number of hydrogen-bond acceptors (Lipinski definition) is 1. The highest BCUT2D eigenvalue weighted by Crippen LogP contribution is 2.29. The van der Waals surface area contributed by atoms with E-state index in [4.69, 9.17) is 4.74 Å². The van der Waals surface area contributed by atoms with Crippen LogP contribution in [0.15, 0.2) is 12.2 Å². The lowest BCUT2D eigenvalue weighted by Crippen LogP contribution is -2.11. The van der Waals surface area contributed by atoms with Gasteiger partial charge in [0.15, 0.2) is 0 Å². The van der Waals surface area contributed by atoms with Crippen molar-refractivity contribution < 1.29 is 4.74 Å². The third-order valence-electron chi connectivity index (χ3n) is 2.74. The molecule has 0 aliphatic carbocycles. The van der Waals surface area contributed by atoms with Gasteiger partial charge in [0.1, 0.15) is 0 Å². The second kappa shape index (κ2) is 4.66. The van der Waals surface area contributed by atoms with E-state index in [1.54, 1.807) is 0 Å². The molecule has 0 unspecified atom stereocenters. The molecule has 1 fully saturated rings. The Morgan fingerprint density at radius 2 is 2.25 bits per heavy atom. The van der Waals surface area contributed by atoms with Crippen LogP contribution in [-0.4, -0.2) is 12.7 Å². The van der Waals surface area contributed by atoms with Gasteiger partial charge in [-0.3, -0.25) is 0 Å². The average molecular weight is 168 g/mol. The maximum Gasteiger partial charge on any atom is 0.0681 e. The largest absolute Gasteiger partial charge is 0.374 e. The van der Waals surface area contributed by atoms with Crippen LogP contribution in [-0.2, 0) is 4.74 Å². The summed E-state index contributed by atoms with van der Waals surface area (Å²) in [5.74, 6) is 0.636. The topological polar surface area (TPSA) is 9.23 Å². The van der Waals surface area contributed by atoms with Gasteiger partial charge in [-0.25, -0.2) is 0 Å². The monoisotopic (exact) mass is 168 g/mol. The van der Waals surface area contributed by atoms with Gasteiger partial charge < -0.3 is 4.74 Å². The van der Waals surface area contributed by atoms with Gasteiger partial charge >= 0.3 is 0 Å². The molecule has 12 heavy (non-hydrogen) atoms. The van der Waals surface area contributed by atoms with E-state index in [1.807, 2.05) is 0 Å². The molecule has 0 N–H and O–H groups in total. The van der Waals surface area contributed by atoms with Gasteiger partial charge in [-0.1, -0.05) is 32.8 Å². The third-order valence-corrected chi connectivity index (χ3v) is 2.74. The van der Waals surface area contributed by atoms with Crippen LogP contribution in [0, 0.1) is 5.92 Å². The summed E-state index contributed by atoms with van der Waals surface area (Å²) in [4.78, 5) is 0. The summed E-state index contributed by atoms with van der Waals surface area (Å²) in [7, 11) is 0. The van der Waals surface area contributed by atoms with Crippen LogP contribution in [0.4, 0.5) is 0 Å². The Labute approximate surface area is 75.8 Å². The Morgan fingerprint density at radius 3 is 2.75 bits per heavy atom. The van der Waals surface area contributed by atoms with Gasteiger partial charge in [-0.05, 0) is 18.9 Å². The fourth-order valence-electron chi connectivity index (χ4n) is 1.85. The van der Waals surface area contributed by atoms with Crippen LogP contribution in [0.25, 0.3) is 0 Å². The molecule has 1 rings (SSSR count). The van der Waals surface area contributed by atoms with Gasteiger partial charge in [0.2, 0.25) is 0 Å². The van der Waals surface area contributed by atoms with E-state index in [9.17, 15) is 0 Å². The molecule has 1 saturated heterocycles. The summed E-state index contributed by atoms with van der Waals surface area (Å²) < 4.78 is 5.51. The fraction of sp³-hybridized carbons (Fsp3) is 0.818. The summed E-state index contributed by atoms with van der Waals surface area (Å²) in [5.41, 5.74) is 1.30. The molecule has 1 aliphatic rings. The highest BCUT2D eigenvalue weighted by molar-refractivity contribution is 5.07. The second-order valence-corrected chi connectivity index (χ2v) is 3.78. The minimum absolute atomic E-state index is 0.411. The maximum absolute atomic E-state index is 5.51. The number of ether oxygens (including phenoxy) is 1. The van der Waals surface area contributed by atoms with Crippen molar-refractivity contribution >= 4 is 0 Å². The van der Waals surface area contributed by atoms with Gasteiger partial charge in [0, 0.05) is 5.92 Å². The summed E-state index contributed by atoms with van der Waals surface area (Å²) >= 11 is 0.